The molecule has 0 aromatic carbocycles. The number of piperidine rings is 1. The van der Waals surface area contributed by atoms with Crippen molar-refractivity contribution < 1.29 is 13.2 Å². The molecule has 118 valence electrons. The first-order chi connectivity index (χ1) is 9.87. The molecule has 0 bridgehead atoms. The van der Waals surface area contributed by atoms with Gasteiger partial charge in [-0.2, -0.15) is 5.10 Å². The Hall–Kier alpha value is -1.41. The molecule has 1 N–H and O–H groups in total. The molecule has 0 unspecified atom stereocenters. The number of carbonyl (C=O) groups is 1. The number of hydrogen-bond donors (Lipinski definition) is 1. The zero-order valence-corrected chi connectivity index (χ0v) is 13.2. The molecule has 0 spiro atoms. The van der Waals surface area contributed by atoms with Crippen molar-refractivity contribution >= 4 is 15.9 Å². The van der Waals surface area contributed by atoms with Crippen LogP contribution in [-0.4, -0.2) is 54.9 Å². The molecule has 1 amide bonds. The van der Waals surface area contributed by atoms with Gasteiger partial charge in [0.2, 0.25) is 15.9 Å². The zero-order valence-electron chi connectivity index (χ0n) is 12.4. The van der Waals surface area contributed by atoms with E-state index in [0.29, 0.717) is 13.1 Å². The summed E-state index contributed by atoms with van der Waals surface area (Å²) in [6, 6.07) is 1.46. The highest BCUT2D eigenvalue weighted by Crippen LogP contribution is 2.19. The molecular formula is C13H22N4O3S. The summed E-state index contributed by atoms with van der Waals surface area (Å²) in [4.78, 5) is 14.3. The predicted octanol–water partition coefficient (Wildman–Crippen LogP) is 0.232. The highest BCUT2D eigenvalue weighted by atomic mass is 32.2. The summed E-state index contributed by atoms with van der Waals surface area (Å²) < 4.78 is 26.5. The Morgan fingerprint density at radius 2 is 2.29 bits per heavy atom. The highest BCUT2D eigenvalue weighted by Gasteiger charge is 2.28. The second-order valence-electron chi connectivity index (χ2n) is 5.58. The summed E-state index contributed by atoms with van der Waals surface area (Å²) in [7, 11) is -3.18. The minimum atomic E-state index is -3.18. The monoisotopic (exact) mass is 314 g/mol. The quantitative estimate of drug-likeness (QED) is 0.843. The van der Waals surface area contributed by atoms with Crippen molar-refractivity contribution in [3.63, 3.8) is 0 Å². The number of sulfonamides is 1. The fourth-order valence-electron chi connectivity index (χ4n) is 2.59. The third-order valence-electron chi connectivity index (χ3n) is 3.74. The summed E-state index contributed by atoms with van der Waals surface area (Å²) >= 11 is 0. The molecule has 2 heterocycles. The molecule has 7 nitrogen and oxygen atoms in total. The van der Waals surface area contributed by atoms with Crippen molar-refractivity contribution in [2.45, 2.75) is 25.8 Å². The van der Waals surface area contributed by atoms with Crippen LogP contribution in [0.1, 0.15) is 25.8 Å². The SMILES string of the molecule is C[C@H](C(=O)N1CCC[C@H](CNS(C)(=O)=O)C1)n1cccn1. The third-order valence-corrected chi connectivity index (χ3v) is 4.43. The molecule has 21 heavy (non-hydrogen) atoms. The second-order valence-corrected chi connectivity index (χ2v) is 7.41. The first kappa shape index (κ1) is 16.0. The number of amides is 1. The van der Waals surface area contributed by atoms with Gasteiger partial charge < -0.3 is 4.90 Å². The van der Waals surface area contributed by atoms with E-state index >= 15 is 0 Å². The largest absolute Gasteiger partial charge is 0.341 e. The van der Waals surface area contributed by atoms with Crippen molar-refractivity contribution in [1.82, 2.24) is 19.4 Å². The van der Waals surface area contributed by atoms with Gasteiger partial charge in [-0.15, -0.1) is 0 Å². The van der Waals surface area contributed by atoms with Gasteiger partial charge >= 0.3 is 0 Å². The van der Waals surface area contributed by atoms with Crippen molar-refractivity contribution in [2.24, 2.45) is 5.92 Å². The minimum Gasteiger partial charge on any atom is -0.341 e. The lowest BCUT2D eigenvalue weighted by molar-refractivity contribution is -0.136. The van der Waals surface area contributed by atoms with Gasteiger partial charge in [0.15, 0.2) is 0 Å². The van der Waals surface area contributed by atoms with Crippen molar-refractivity contribution in [3.8, 4) is 0 Å². The molecule has 0 saturated carbocycles. The van der Waals surface area contributed by atoms with Gasteiger partial charge in [-0.05, 0) is 31.7 Å². The Kier molecular flexibility index (Phi) is 5.00. The van der Waals surface area contributed by atoms with Crippen LogP contribution in [0.4, 0.5) is 0 Å². The lowest BCUT2D eigenvalue weighted by atomic mass is 9.98. The van der Waals surface area contributed by atoms with E-state index in [1.807, 2.05) is 11.8 Å². The van der Waals surface area contributed by atoms with Gasteiger partial charge in [-0.25, -0.2) is 13.1 Å². The molecule has 8 heteroatoms. The van der Waals surface area contributed by atoms with E-state index < -0.39 is 10.0 Å². The molecule has 1 fully saturated rings. The molecule has 1 aromatic heterocycles. The summed E-state index contributed by atoms with van der Waals surface area (Å²) in [5, 5.41) is 4.10. The first-order valence-electron chi connectivity index (χ1n) is 7.09. The number of carbonyl (C=O) groups excluding carboxylic acids is 1. The zero-order chi connectivity index (χ0) is 15.5. The summed E-state index contributed by atoms with van der Waals surface area (Å²) in [5.41, 5.74) is 0. The number of likely N-dealkylation sites (tertiary alicyclic amines) is 1. The number of aromatic nitrogens is 2. The number of rotatable bonds is 5. The molecule has 0 radical (unpaired) electrons. The van der Waals surface area contributed by atoms with Crippen LogP contribution in [0.2, 0.25) is 0 Å². The van der Waals surface area contributed by atoms with Crippen LogP contribution in [0.3, 0.4) is 0 Å². The molecule has 2 rings (SSSR count). The van der Waals surface area contributed by atoms with Crippen LogP contribution in [0.15, 0.2) is 18.5 Å². The first-order valence-corrected chi connectivity index (χ1v) is 8.98. The lowest BCUT2D eigenvalue weighted by Crippen LogP contribution is -2.45. The van der Waals surface area contributed by atoms with Crippen LogP contribution in [0, 0.1) is 5.92 Å². The van der Waals surface area contributed by atoms with Crippen molar-refractivity contribution in [1.29, 1.82) is 0 Å². The van der Waals surface area contributed by atoms with E-state index in [0.717, 1.165) is 25.6 Å². The highest BCUT2D eigenvalue weighted by molar-refractivity contribution is 7.88. The summed E-state index contributed by atoms with van der Waals surface area (Å²) in [6.07, 6.45) is 6.41. The maximum atomic E-state index is 12.5. The standard InChI is InChI=1S/C13H22N4O3S/c1-11(17-8-4-6-14-17)13(18)16-7-3-5-12(10-16)9-15-21(2,19)20/h4,6,8,11-12,15H,3,5,7,9-10H2,1-2H3/t11-,12-/m1/s1. The fraction of sp³-hybridized carbons (Fsp3) is 0.692. The average Bonchev–Trinajstić information content (AvgIpc) is 2.97. The van der Waals surface area contributed by atoms with Gasteiger partial charge in [0, 0.05) is 32.0 Å². The van der Waals surface area contributed by atoms with Gasteiger partial charge in [0.25, 0.3) is 0 Å². The van der Waals surface area contributed by atoms with Crippen molar-refractivity contribution in [2.75, 3.05) is 25.9 Å². The molecule has 2 atom stereocenters. The molecule has 1 saturated heterocycles. The average molecular weight is 314 g/mol. The van der Waals surface area contributed by atoms with Crippen LogP contribution in [0.25, 0.3) is 0 Å². The Balaban J connectivity index is 1.92. The van der Waals surface area contributed by atoms with Gasteiger partial charge in [-0.3, -0.25) is 9.48 Å². The van der Waals surface area contributed by atoms with E-state index in [1.165, 1.54) is 0 Å². The lowest BCUT2D eigenvalue weighted by Gasteiger charge is -2.34. The van der Waals surface area contributed by atoms with Gasteiger partial charge in [-0.1, -0.05) is 0 Å². The van der Waals surface area contributed by atoms with Crippen LogP contribution in [0.5, 0.6) is 0 Å². The molecule has 1 aliphatic rings. The predicted molar refractivity (Wildman–Crippen MR) is 79.1 cm³/mol. The van der Waals surface area contributed by atoms with E-state index in [4.69, 9.17) is 0 Å². The number of hydrogen-bond acceptors (Lipinski definition) is 4. The number of nitrogens with zero attached hydrogens (tertiary/aromatic N) is 3. The fourth-order valence-corrected chi connectivity index (χ4v) is 3.13. The minimum absolute atomic E-state index is 0.0303. The Morgan fingerprint density at radius 3 is 2.90 bits per heavy atom. The Bertz CT molecular complexity index is 570. The normalized spacial score (nSPS) is 21.2. The maximum absolute atomic E-state index is 12.5. The summed E-state index contributed by atoms with van der Waals surface area (Å²) in [5.74, 6) is 0.199. The van der Waals surface area contributed by atoms with Crippen LogP contribution >= 0.6 is 0 Å². The molecule has 0 aliphatic carbocycles. The Morgan fingerprint density at radius 1 is 1.52 bits per heavy atom. The topological polar surface area (TPSA) is 84.3 Å². The van der Waals surface area contributed by atoms with Crippen molar-refractivity contribution in [3.05, 3.63) is 18.5 Å². The molecule has 1 aliphatic heterocycles. The molecular weight excluding hydrogens is 292 g/mol. The van der Waals surface area contributed by atoms with Crippen LogP contribution in [-0.2, 0) is 14.8 Å². The maximum Gasteiger partial charge on any atom is 0.247 e. The molecule has 1 aromatic rings. The van der Waals surface area contributed by atoms with E-state index in [1.54, 1.807) is 23.1 Å². The number of nitrogens with one attached hydrogen (secondary N) is 1. The summed E-state index contributed by atoms with van der Waals surface area (Å²) in [6.45, 7) is 3.53. The second kappa shape index (κ2) is 6.57. The van der Waals surface area contributed by atoms with E-state index in [9.17, 15) is 13.2 Å². The van der Waals surface area contributed by atoms with Gasteiger partial charge in [0.1, 0.15) is 6.04 Å². The Labute approximate surface area is 125 Å². The third kappa shape index (κ3) is 4.53. The van der Waals surface area contributed by atoms with Crippen LogP contribution < -0.4 is 4.72 Å². The van der Waals surface area contributed by atoms with E-state index in [-0.39, 0.29) is 17.9 Å². The van der Waals surface area contributed by atoms with Gasteiger partial charge in [0.05, 0.1) is 6.26 Å². The van der Waals surface area contributed by atoms with E-state index in [2.05, 4.69) is 9.82 Å². The smallest absolute Gasteiger partial charge is 0.247 e.